The maximum Gasteiger partial charge on any atom is 0.244 e. The lowest BCUT2D eigenvalue weighted by atomic mass is 9.97. The van der Waals surface area contributed by atoms with Crippen molar-refractivity contribution in [3.05, 3.63) is 24.3 Å². The third-order valence-corrected chi connectivity index (χ3v) is 7.68. The maximum atomic E-state index is 12.0. The maximum absolute atomic E-state index is 12.0. The van der Waals surface area contributed by atoms with Crippen LogP contribution in [0.15, 0.2) is 24.3 Å². The Morgan fingerprint density at radius 1 is 0.692 bits per heavy atom. The largest absolute Gasteiger partial charge is 0.394 e. The number of rotatable bonds is 24. The van der Waals surface area contributed by atoms with Crippen LogP contribution >= 0.6 is 0 Å². The van der Waals surface area contributed by atoms with Crippen molar-refractivity contribution in [1.82, 2.24) is 5.32 Å². The Morgan fingerprint density at radius 2 is 1.15 bits per heavy atom. The summed E-state index contributed by atoms with van der Waals surface area (Å²) in [5, 5.41) is 41.4. The van der Waals surface area contributed by atoms with Gasteiger partial charge in [-0.2, -0.15) is 0 Å². The number of nitrogens with one attached hydrogen (secondary N) is 1. The van der Waals surface area contributed by atoms with Crippen molar-refractivity contribution in [3.8, 4) is 0 Å². The molecule has 1 aliphatic rings. The number of ether oxygens (including phenoxy) is 1. The minimum atomic E-state index is -1.51. The fourth-order valence-electron chi connectivity index (χ4n) is 5.12. The topological polar surface area (TPSA) is 119 Å². The van der Waals surface area contributed by atoms with Gasteiger partial charge in [0.05, 0.1) is 6.61 Å². The molecule has 1 aliphatic heterocycles. The summed E-state index contributed by atoms with van der Waals surface area (Å²) < 4.78 is 5.03. The van der Waals surface area contributed by atoms with Gasteiger partial charge in [0.15, 0.2) is 6.29 Å². The summed E-state index contributed by atoms with van der Waals surface area (Å²) in [7, 11) is 0. The van der Waals surface area contributed by atoms with E-state index in [9.17, 15) is 20.1 Å². The Morgan fingerprint density at radius 3 is 1.62 bits per heavy atom. The SMILES string of the molecule is CCCCCCCCCCCCCCCCCCCCCC=CC=CC(=O)N[C@H]1C(O)O[C@H](CO)[C@@H](O)[C@@H]1O. The molecule has 0 aromatic carbocycles. The summed E-state index contributed by atoms with van der Waals surface area (Å²) >= 11 is 0. The highest BCUT2D eigenvalue weighted by Crippen LogP contribution is 2.20. The molecule has 1 unspecified atom stereocenters. The Kier molecular flexibility index (Phi) is 22.5. The number of allylic oxidation sites excluding steroid dienone is 3. The van der Waals surface area contributed by atoms with E-state index in [1.165, 1.54) is 122 Å². The monoisotopic (exact) mass is 553 g/mol. The minimum Gasteiger partial charge on any atom is -0.394 e. The molecule has 0 aromatic heterocycles. The number of aliphatic hydroxyl groups excluding tert-OH is 4. The van der Waals surface area contributed by atoms with E-state index in [1.54, 1.807) is 6.08 Å². The second kappa shape index (κ2) is 24.5. The number of carbonyl (C=O) groups excluding carboxylic acids is 1. The van der Waals surface area contributed by atoms with E-state index in [1.807, 2.05) is 12.2 Å². The number of hydrogen-bond donors (Lipinski definition) is 5. The van der Waals surface area contributed by atoms with Crippen LogP contribution in [0.4, 0.5) is 0 Å². The van der Waals surface area contributed by atoms with Crippen molar-refractivity contribution in [2.45, 2.75) is 166 Å². The van der Waals surface area contributed by atoms with Crippen LogP contribution in [0, 0.1) is 0 Å². The van der Waals surface area contributed by atoms with Gasteiger partial charge in [0.2, 0.25) is 5.91 Å². The van der Waals surface area contributed by atoms with E-state index in [0.717, 1.165) is 12.8 Å². The molecular formula is C32H59NO6. The van der Waals surface area contributed by atoms with Crippen LogP contribution in [0.1, 0.15) is 135 Å². The van der Waals surface area contributed by atoms with E-state index in [4.69, 9.17) is 9.84 Å². The van der Waals surface area contributed by atoms with Gasteiger partial charge in [-0.1, -0.05) is 141 Å². The molecule has 39 heavy (non-hydrogen) atoms. The van der Waals surface area contributed by atoms with E-state index in [0.29, 0.717) is 0 Å². The van der Waals surface area contributed by atoms with Crippen molar-refractivity contribution in [2.24, 2.45) is 0 Å². The summed E-state index contributed by atoms with van der Waals surface area (Å²) in [5.74, 6) is -0.510. The summed E-state index contributed by atoms with van der Waals surface area (Å²) in [6, 6.07) is -1.17. The van der Waals surface area contributed by atoms with Crippen LogP contribution in [0.25, 0.3) is 0 Å². The molecule has 5 N–H and O–H groups in total. The number of hydrogen-bond acceptors (Lipinski definition) is 6. The average Bonchev–Trinajstić information content (AvgIpc) is 2.93. The Labute approximate surface area is 238 Å². The first kappa shape index (κ1) is 35.8. The van der Waals surface area contributed by atoms with Crippen LogP contribution in [0.2, 0.25) is 0 Å². The first-order valence-corrected chi connectivity index (χ1v) is 16.0. The molecule has 1 amide bonds. The summed E-state index contributed by atoms with van der Waals surface area (Å²) in [5.41, 5.74) is 0. The van der Waals surface area contributed by atoms with Crippen LogP contribution < -0.4 is 5.32 Å². The van der Waals surface area contributed by atoms with Crippen LogP contribution in [-0.2, 0) is 9.53 Å². The molecule has 1 heterocycles. The van der Waals surface area contributed by atoms with E-state index in [2.05, 4.69) is 12.2 Å². The summed E-state index contributed by atoms with van der Waals surface area (Å²) in [4.78, 5) is 12.0. The zero-order chi connectivity index (χ0) is 28.6. The third-order valence-electron chi connectivity index (χ3n) is 7.68. The molecule has 0 aliphatic carbocycles. The van der Waals surface area contributed by atoms with E-state index in [-0.39, 0.29) is 0 Å². The van der Waals surface area contributed by atoms with Gasteiger partial charge in [-0.25, -0.2) is 0 Å². The normalized spacial score (nSPS) is 23.7. The molecule has 0 saturated carbocycles. The first-order valence-electron chi connectivity index (χ1n) is 16.0. The molecule has 1 saturated heterocycles. The van der Waals surface area contributed by atoms with Gasteiger partial charge in [-0.3, -0.25) is 4.79 Å². The highest BCUT2D eigenvalue weighted by Gasteiger charge is 2.44. The molecular weight excluding hydrogens is 494 g/mol. The fraction of sp³-hybridized carbons (Fsp3) is 0.844. The molecule has 1 rings (SSSR count). The molecule has 7 nitrogen and oxygen atoms in total. The third kappa shape index (κ3) is 17.9. The molecule has 0 spiro atoms. The number of aliphatic hydroxyl groups is 4. The van der Waals surface area contributed by atoms with E-state index < -0.39 is 43.2 Å². The molecule has 7 heteroatoms. The molecule has 5 atom stereocenters. The molecule has 0 radical (unpaired) electrons. The minimum absolute atomic E-state index is 0.510. The van der Waals surface area contributed by atoms with Gasteiger partial charge in [-0.15, -0.1) is 0 Å². The van der Waals surface area contributed by atoms with Gasteiger partial charge >= 0.3 is 0 Å². The lowest BCUT2D eigenvalue weighted by molar-refractivity contribution is -0.253. The van der Waals surface area contributed by atoms with Gasteiger partial charge < -0.3 is 30.5 Å². The second-order valence-corrected chi connectivity index (χ2v) is 11.2. The van der Waals surface area contributed by atoms with Gasteiger partial charge in [0.25, 0.3) is 0 Å². The molecule has 0 aromatic rings. The number of carbonyl (C=O) groups is 1. The molecule has 1 fully saturated rings. The Bertz CT molecular complexity index is 640. The standard InChI is InChI=1S/C32H59NO6/c1-2-3-4-5-6-7-8-9-10-11-12-13-14-15-16-17-18-19-20-21-22-23-24-25-28(35)33-29-31(37)30(36)27(26-34)39-32(29)38/h22-25,27,29-32,34,36-38H,2-21,26H2,1H3,(H,33,35)/t27-,29-,30-,31-,32?/m1/s1. The Hall–Kier alpha value is -1.25. The number of unbranched alkanes of at least 4 members (excludes halogenated alkanes) is 19. The van der Waals surface area contributed by atoms with Gasteiger partial charge in [0.1, 0.15) is 24.4 Å². The van der Waals surface area contributed by atoms with Crippen molar-refractivity contribution in [2.75, 3.05) is 6.61 Å². The molecule has 228 valence electrons. The molecule has 0 bridgehead atoms. The Balaban J connectivity index is 1.89. The number of amides is 1. The van der Waals surface area contributed by atoms with E-state index >= 15 is 0 Å². The smallest absolute Gasteiger partial charge is 0.244 e. The lowest BCUT2D eigenvalue weighted by Gasteiger charge is -2.40. The fourth-order valence-corrected chi connectivity index (χ4v) is 5.12. The van der Waals surface area contributed by atoms with Gasteiger partial charge in [-0.05, 0) is 12.8 Å². The summed E-state index contributed by atoms with van der Waals surface area (Å²) in [6.45, 7) is 1.74. The highest BCUT2D eigenvalue weighted by molar-refractivity contribution is 5.88. The van der Waals surface area contributed by atoms with Crippen LogP contribution in [0.3, 0.4) is 0 Å². The van der Waals surface area contributed by atoms with Crippen LogP contribution in [0.5, 0.6) is 0 Å². The van der Waals surface area contributed by atoms with Crippen molar-refractivity contribution in [3.63, 3.8) is 0 Å². The highest BCUT2D eigenvalue weighted by atomic mass is 16.6. The predicted molar refractivity (Wildman–Crippen MR) is 158 cm³/mol. The zero-order valence-electron chi connectivity index (χ0n) is 24.7. The van der Waals surface area contributed by atoms with Crippen LogP contribution in [-0.4, -0.2) is 63.6 Å². The van der Waals surface area contributed by atoms with Crippen molar-refractivity contribution < 1.29 is 30.0 Å². The van der Waals surface area contributed by atoms with Crippen molar-refractivity contribution in [1.29, 1.82) is 0 Å². The van der Waals surface area contributed by atoms with Gasteiger partial charge in [0, 0.05) is 6.08 Å². The lowest BCUT2D eigenvalue weighted by Crippen LogP contribution is -2.64. The zero-order valence-corrected chi connectivity index (χ0v) is 24.7. The average molecular weight is 554 g/mol. The predicted octanol–water partition coefficient (Wildman–Crippen LogP) is 5.84. The summed E-state index contributed by atoms with van der Waals surface area (Å²) in [6.07, 6.45) is 28.3. The quantitative estimate of drug-likeness (QED) is 0.0582. The second-order valence-electron chi connectivity index (χ2n) is 11.2. The van der Waals surface area contributed by atoms with Crippen molar-refractivity contribution >= 4 is 5.91 Å². The first-order chi connectivity index (χ1) is 19.0.